The van der Waals surface area contributed by atoms with Crippen LogP contribution in [0.4, 0.5) is 0 Å². The van der Waals surface area contributed by atoms with E-state index in [1.165, 1.54) is 0 Å². The van der Waals surface area contributed by atoms with Gasteiger partial charge in [-0.1, -0.05) is 31.2 Å². The Labute approximate surface area is 414 Å². The molecule has 66 heavy (non-hydrogen) atoms. The number of ether oxygens (including phenoxy) is 1. The molecule has 0 atom stereocenters. The number of aromatic nitrogens is 7. The van der Waals surface area contributed by atoms with E-state index in [0.717, 1.165) is 62.4 Å². The molecule has 19 heteroatoms. The number of hydrogen-bond donors (Lipinski definition) is 2. The van der Waals surface area contributed by atoms with Crippen molar-refractivity contribution in [3.8, 4) is 16.9 Å². The number of rotatable bonds is 13. The van der Waals surface area contributed by atoms with Crippen molar-refractivity contribution >= 4 is 52.1 Å². The van der Waals surface area contributed by atoms with Crippen LogP contribution in [0.1, 0.15) is 42.3 Å². The number of carbonyl (C=O) groups is 3. The molecule has 3 aliphatic heterocycles. The molecule has 2 N–H and O–H groups in total. The number of benzene rings is 1. The summed E-state index contributed by atoms with van der Waals surface area (Å²) in [5.41, 5.74) is 10.1. The van der Waals surface area contributed by atoms with Gasteiger partial charge in [0.2, 0.25) is 0 Å². The first-order valence-electron chi connectivity index (χ1n) is 21.8. The van der Waals surface area contributed by atoms with Gasteiger partial charge in [0.15, 0.2) is 0 Å². The molecule has 8 bridgehead atoms. The minimum Gasteiger partial charge on any atom is -0.549 e. The van der Waals surface area contributed by atoms with Crippen LogP contribution in [0.15, 0.2) is 72.9 Å². The number of carboxylic acids is 3. The number of nitrogens with one attached hydrogen (secondary N) is 2. The molecule has 1 radical (unpaired) electrons. The summed E-state index contributed by atoms with van der Waals surface area (Å²) in [6.07, 6.45) is 7.21. The molecule has 3 aliphatic rings. The van der Waals surface area contributed by atoms with Crippen molar-refractivity contribution in [3.63, 3.8) is 0 Å². The average Bonchev–Trinajstić information content (AvgIpc) is 4.11. The van der Waals surface area contributed by atoms with Crippen molar-refractivity contribution in [1.29, 1.82) is 0 Å². The molecule has 4 aromatic heterocycles. The van der Waals surface area contributed by atoms with Crippen LogP contribution in [0.2, 0.25) is 0 Å². The Bertz CT molecular complexity index is 2680. The van der Waals surface area contributed by atoms with Crippen molar-refractivity contribution < 1.29 is 75.3 Å². The molecule has 5 aromatic rings. The molecule has 1 saturated heterocycles. The van der Waals surface area contributed by atoms with E-state index < -0.39 is 17.9 Å². The Hall–Kier alpha value is -5.38. The summed E-state index contributed by atoms with van der Waals surface area (Å²) in [7, 11) is 0. The van der Waals surface area contributed by atoms with Crippen LogP contribution in [0.25, 0.3) is 45.3 Å². The number of hydrogen-bond acceptors (Lipinski definition) is 15. The normalized spacial score (nSPS) is 16.5. The Kier molecular flexibility index (Phi) is 16.1. The largest absolute Gasteiger partial charge is 3.00 e. The predicted octanol–water partition coefficient (Wildman–Crippen LogP) is 0.314. The van der Waals surface area contributed by atoms with Crippen LogP contribution in [0.3, 0.4) is 0 Å². The molecule has 8 rings (SSSR count). The molecule has 18 nitrogen and oxygen atoms in total. The second-order valence-corrected chi connectivity index (χ2v) is 17.4. The number of H-pyrrole nitrogens is 2. The van der Waals surface area contributed by atoms with Crippen LogP contribution >= 0.6 is 0 Å². The van der Waals surface area contributed by atoms with E-state index in [1.807, 2.05) is 53.6 Å². The zero-order valence-corrected chi connectivity index (χ0v) is 40.3. The fourth-order valence-electron chi connectivity index (χ4n) is 8.43. The molecule has 0 spiro atoms. The molecule has 7 heterocycles. The van der Waals surface area contributed by atoms with E-state index in [1.54, 1.807) is 19.4 Å². The van der Waals surface area contributed by atoms with Crippen molar-refractivity contribution in [2.75, 3.05) is 78.6 Å². The number of aromatic amines is 2. The SMILES string of the molecule is CC1(C)Cc2cc3ccc([nH]3)c(-c3ccc(OCCc4cn(CN5CCN(CC(=O)[O-])CCN(CC(=O)[O-])CCN(CC(=O)[O-])CC5)nn4)cc3)c3nc(cc4ccc(cc1n2)[nH]4)C=C3.[Nd+3]. The molecule has 0 unspecified atom stereocenters. The summed E-state index contributed by atoms with van der Waals surface area (Å²) in [5.74, 6) is -3.05. The Morgan fingerprint density at radius 3 is 1.89 bits per heavy atom. The maximum atomic E-state index is 11.6. The first-order chi connectivity index (χ1) is 31.3. The smallest absolute Gasteiger partial charge is 0.549 e. The number of fused-ring (bicyclic) bond motifs is 8. The van der Waals surface area contributed by atoms with Crippen LogP contribution in [0, 0.1) is 40.8 Å². The molecule has 0 saturated carbocycles. The van der Waals surface area contributed by atoms with Gasteiger partial charge in [-0.05, 0) is 72.3 Å². The van der Waals surface area contributed by atoms with Gasteiger partial charge in [-0.15, -0.1) is 5.10 Å². The third-order valence-electron chi connectivity index (χ3n) is 11.8. The number of aliphatic carboxylic acids is 3. The average molecular weight is 1030 g/mol. The van der Waals surface area contributed by atoms with E-state index in [-0.39, 0.29) is 92.1 Å². The first-order valence-corrected chi connectivity index (χ1v) is 21.8. The van der Waals surface area contributed by atoms with Gasteiger partial charge in [0.1, 0.15) is 5.75 Å². The molecule has 1 aromatic carbocycles. The van der Waals surface area contributed by atoms with Crippen molar-refractivity contribution in [3.05, 3.63) is 101 Å². The number of nitrogens with zero attached hydrogens (tertiary/aromatic N) is 9. The van der Waals surface area contributed by atoms with Gasteiger partial charge in [0, 0.05) is 129 Å². The maximum Gasteiger partial charge on any atom is 3.00 e. The minimum absolute atomic E-state index is 0. The summed E-state index contributed by atoms with van der Waals surface area (Å²) in [5, 5.41) is 43.2. The second kappa shape index (κ2) is 21.9. The minimum atomic E-state index is -1.27. The number of carbonyl (C=O) groups excluding carboxylic acids is 3. The van der Waals surface area contributed by atoms with Gasteiger partial charge in [0.05, 0.1) is 54.5 Å². The maximum absolute atomic E-state index is 11.6. The van der Waals surface area contributed by atoms with Gasteiger partial charge in [-0.3, -0.25) is 24.6 Å². The number of carboxylic acid groups (broad SMARTS) is 3. The van der Waals surface area contributed by atoms with Gasteiger partial charge in [-0.25, -0.2) is 9.67 Å². The summed E-state index contributed by atoms with van der Waals surface area (Å²) >= 11 is 0. The molecular formula is C47H52N11NdO7. The summed E-state index contributed by atoms with van der Waals surface area (Å²) in [6, 6.07) is 22.5. The second-order valence-electron chi connectivity index (χ2n) is 17.4. The fraction of sp³-hybridized carbons (Fsp3) is 0.383. The fourth-order valence-corrected chi connectivity index (χ4v) is 8.43. The van der Waals surface area contributed by atoms with E-state index in [0.29, 0.717) is 57.3 Å². The zero-order chi connectivity index (χ0) is 45.5. The van der Waals surface area contributed by atoms with Crippen LogP contribution in [-0.4, -0.2) is 151 Å². The molecular weight excluding hydrogens is 975 g/mol. The first kappa shape index (κ1) is 48.6. The summed E-state index contributed by atoms with van der Waals surface area (Å²) in [6.45, 7) is 6.70. The molecule has 341 valence electrons. The summed E-state index contributed by atoms with van der Waals surface area (Å²) in [4.78, 5) is 58.7. The van der Waals surface area contributed by atoms with E-state index >= 15 is 0 Å². The van der Waals surface area contributed by atoms with Crippen LogP contribution in [-0.2, 0) is 39.3 Å². The predicted molar refractivity (Wildman–Crippen MR) is 237 cm³/mol. The monoisotopic (exact) mass is 1020 g/mol. The van der Waals surface area contributed by atoms with E-state index in [9.17, 15) is 29.7 Å². The van der Waals surface area contributed by atoms with Gasteiger partial charge >= 0.3 is 40.8 Å². The van der Waals surface area contributed by atoms with Crippen molar-refractivity contribution in [1.82, 2.24) is 54.5 Å². The van der Waals surface area contributed by atoms with E-state index in [2.05, 4.69) is 70.5 Å². The van der Waals surface area contributed by atoms with Crippen molar-refractivity contribution in [2.45, 2.75) is 38.8 Å². The Morgan fingerprint density at radius 1 is 0.697 bits per heavy atom. The third kappa shape index (κ3) is 13.2. The van der Waals surface area contributed by atoms with Crippen LogP contribution in [0.5, 0.6) is 5.75 Å². The Balaban J connectivity index is 0.00000648. The molecule has 1 fully saturated rings. The third-order valence-corrected chi connectivity index (χ3v) is 11.8. The molecule has 0 aliphatic carbocycles. The topological polar surface area (TPSA) is 231 Å². The van der Waals surface area contributed by atoms with Gasteiger partial charge in [0.25, 0.3) is 0 Å². The zero-order valence-electron chi connectivity index (χ0n) is 37.1. The van der Waals surface area contributed by atoms with E-state index in [4.69, 9.17) is 14.7 Å². The quantitative estimate of drug-likeness (QED) is 0.159. The van der Waals surface area contributed by atoms with Gasteiger partial charge < -0.3 is 44.4 Å². The van der Waals surface area contributed by atoms with Crippen molar-refractivity contribution in [2.24, 2.45) is 0 Å². The Morgan fingerprint density at radius 2 is 1.27 bits per heavy atom. The standard InChI is InChI=1S/C47H55N11O7.Nd/c1-47(2)26-38-24-35-8-12-41(50-35)46(40-11-7-34(49-40)23-33-5-6-36(48-33)25-42(47)51-38)32-3-9-39(10-4-32)65-22-13-37-27-58(53-52-37)31-57-20-18-55(29-44(61)62)16-14-54(28-43(59)60)15-17-56(19-21-57)30-45(63)64;/h3-12,23-25,27,48,50H,13-22,26,28-31H2,1-2H3,(H,59,60)(H,61,62)(H,63,64);/q;+3/p-3. The van der Waals surface area contributed by atoms with Gasteiger partial charge in [-0.2, -0.15) is 0 Å². The molecule has 0 amide bonds. The summed E-state index contributed by atoms with van der Waals surface area (Å²) < 4.78 is 7.86. The van der Waals surface area contributed by atoms with Crippen LogP contribution < -0.4 is 20.1 Å².